The minimum Gasteiger partial charge on any atom is -0.395 e. The standard InChI is InChI=1S/C11H20N2O/c1-8(2)11(7-14)13-10-5-3-4-9(10)6-12/h8-11,13-14H,3-5,7H2,1-2H3. The van der Waals surface area contributed by atoms with Crippen LogP contribution in [0, 0.1) is 23.2 Å². The first-order chi connectivity index (χ1) is 6.69. The van der Waals surface area contributed by atoms with E-state index in [1.165, 1.54) is 0 Å². The minimum absolute atomic E-state index is 0.133. The molecule has 1 saturated carbocycles. The van der Waals surface area contributed by atoms with Crippen molar-refractivity contribution in [2.75, 3.05) is 6.61 Å². The van der Waals surface area contributed by atoms with Crippen LogP contribution in [0.1, 0.15) is 33.1 Å². The third-order valence-corrected chi connectivity index (χ3v) is 3.11. The number of hydrogen-bond acceptors (Lipinski definition) is 3. The summed E-state index contributed by atoms with van der Waals surface area (Å²) in [6, 6.07) is 2.76. The van der Waals surface area contributed by atoms with Crippen molar-refractivity contribution in [1.82, 2.24) is 5.32 Å². The van der Waals surface area contributed by atoms with Gasteiger partial charge in [0, 0.05) is 12.1 Å². The second kappa shape index (κ2) is 5.33. The molecule has 0 aromatic rings. The predicted octanol–water partition coefficient (Wildman–Crippen LogP) is 1.29. The fourth-order valence-corrected chi connectivity index (χ4v) is 2.05. The summed E-state index contributed by atoms with van der Waals surface area (Å²) in [7, 11) is 0. The molecule has 80 valence electrons. The van der Waals surface area contributed by atoms with Crippen LogP contribution in [0.2, 0.25) is 0 Å². The zero-order valence-corrected chi connectivity index (χ0v) is 9.03. The van der Waals surface area contributed by atoms with E-state index in [1.807, 2.05) is 0 Å². The zero-order valence-electron chi connectivity index (χ0n) is 9.03. The Kier molecular flexibility index (Phi) is 4.37. The van der Waals surface area contributed by atoms with Crippen molar-refractivity contribution in [2.24, 2.45) is 11.8 Å². The van der Waals surface area contributed by atoms with Gasteiger partial charge in [-0.1, -0.05) is 20.3 Å². The number of nitrogens with zero attached hydrogens (tertiary/aromatic N) is 1. The van der Waals surface area contributed by atoms with Crippen LogP contribution in [0.15, 0.2) is 0 Å². The monoisotopic (exact) mass is 196 g/mol. The van der Waals surface area contributed by atoms with Crippen molar-refractivity contribution >= 4 is 0 Å². The van der Waals surface area contributed by atoms with Gasteiger partial charge in [0.15, 0.2) is 0 Å². The van der Waals surface area contributed by atoms with Gasteiger partial charge in [0.1, 0.15) is 0 Å². The van der Waals surface area contributed by atoms with Gasteiger partial charge in [-0.3, -0.25) is 0 Å². The first-order valence-electron chi connectivity index (χ1n) is 5.45. The van der Waals surface area contributed by atoms with Crippen LogP contribution in [-0.2, 0) is 0 Å². The SMILES string of the molecule is CC(C)C(CO)NC1CCCC1C#N. The summed E-state index contributed by atoms with van der Waals surface area (Å²) in [5.41, 5.74) is 0. The molecule has 1 rings (SSSR count). The Hall–Kier alpha value is -0.590. The van der Waals surface area contributed by atoms with Gasteiger partial charge < -0.3 is 10.4 Å². The molecule has 0 radical (unpaired) electrons. The minimum atomic E-state index is 0.133. The van der Waals surface area contributed by atoms with Crippen LogP contribution in [0.4, 0.5) is 0 Å². The molecule has 0 bridgehead atoms. The summed E-state index contributed by atoms with van der Waals surface area (Å²) >= 11 is 0. The van der Waals surface area contributed by atoms with Crippen molar-refractivity contribution in [3.8, 4) is 6.07 Å². The van der Waals surface area contributed by atoms with Crippen LogP contribution >= 0.6 is 0 Å². The highest BCUT2D eigenvalue weighted by molar-refractivity contribution is 4.97. The van der Waals surface area contributed by atoms with Crippen molar-refractivity contribution in [2.45, 2.75) is 45.2 Å². The van der Waals surface area contributed by atoms with Crippen LogP contribution in [0.25, 0.3) is 0 Å². The molecule has 3 atom stereocenters. The molecule has 2 N–H and O–H groups in total. The molecule has 0 aliphatic heterocycles. The molecular weight excluding hydrogens is 176 g/mol. The number of nitriles is 1. The average molecular weight is 196 g/mol. The smallest absolute Gasteiger partial charge is 0.0672 e. The second-order valence-corrected chi connectivity index (χ2v) is 4.47. The maximum atomic E-state index is 9.17. The average Bonchev–Trinajstić information content (AvgIpc) is 2.60. The van der Waals surface area contributed by atoms with Crippen molar-refractivity contribution < 1.29 is 5.11 Å². The fraction of sp³-hybridized carbons (Fsp3) is 0.909. The molecular formula is C11H20N2O. The van der Waals surface area contributed by atoms with Gasteiger partial charge in [0.2, 0.25) is 0 Å². The quantitative estimate of drug-likeness (QED) is 0.712. The lowest BCUT2D eigenvalue weighted by Crippen LogP contribution is -2.45. The first kappa shape index (κ1) is 11.5. The van der Waals surface area contributed by atoms with Gasteiger partial charge in [-0.15, -0.1) is 0 Å². The van der Waals surface area contributed by atoms with E-state index in [4.69, 9.17) is 5.26 Å². The molecule has 0 saturated heterocycles. The van der Waals surface area contributed by atoms with E-state index in [-0.39, 0.29) is 18.6 Å². The zero-order chi connectivity index (χ0) is 10.6. The molecule has 3 unspecified atom stereocenters. The van der Waals surface area contributed by atoms with E-state index >= 15 is 0 Å². The maximum absolute atomic E-state index is 9.17. The summed E-state index contributed by atoms with van der Waals surface area (Å²) in [4.78, 5) is 0. The lowest BCUT2D eigenvalue weighted by Gasteiger charge is -2.25. The van der Waals surface area contributed by atoms with Crippen molar-refractivity contribution in [3.05, 3.63) is 0 Å². The molecule has 1 fully saturated rings. The van der Waals surface area contributed by atoms with E-state index in [0.717, 1.165) is 19.3 Å². The number of aliphatic hydroxyl groups excluding tert-OH is 1. The Morgan fingerprint density at radius 3 is 2.71 bits per heavy atom. The second-order valence-electron chi connectivity index (χ2n) is 4.47. The number of rotatable bonds is 4. The Morgan fingerprint density at radius 1 is 1.50 bits per heavy atom. The van der Waals surface area contributed by atoms with Gasteiger partial charge in [0.05, 0.1) is 18.6 Å². The molecule has 0 aromatic carbocycles. The Bertz CT molecular complexity index is 210. The summed E-state index contributed by atoms with van der Waals surface area (Å²) in [6.45, 7) is 4.33. The van der Waals surface area contributed by atoms with E-state index in [1.54, 1.807) is 0 Å². The van der Waals surface area contributed by atoms with E-state index in [9.17, 15) is 5.11 Å². The molecule has 0 heterocycles. The molecule has 1 aliphatic rings. The molecule has 3 nitrogen and oxygen atoms in total. The van der Waals surface area contributed by atoms with Gasteiger partial charge in [0.25, 0.3) is 0 Å². The number of aliphatic hydroxyl groups is 1. The Morgan fingerprint density at radius 2 is 2.21 bits per heavy atom. The van der Waals surface area contributed by atoms with Crippen LogP contribution in [0.3, 0.4) is 0 Å². The van der Waals surface area contributed by atoms with Crippen LogP contribution in [0.5, 0.6) is 0 Å². The highest BCUT2D eigenvalue weighted by atomic mass is 16.3. The van der Waals surface area contributed by atoms with Crippen molar-refractivity contribution in [3.63, 3.8) is 0 Å². The Balaban J connectivity index is 2.46. The van der Waals surface area contributed by atoms with Crippen LogP contribution < -0.4 is 5.32 Å². The van der Waals surface area contributed by atoms with Gasteiger partial charge in [-0.25, -0.2) is 0 Å². The van der Waals surface area contributed by atoms with Gasteiger partial charge in [-0.05, 0) is 18.8 Å². The largest absolute Gasteiger partial charge is 0.395 e. The fourth-order valence-electron chi connectivity index (χ4n) is 2.05. The van der Waals surface area contributed by atoms with Gasteiger partial charge >= 0.3 is 0 Å². The molecule has 1 aliphatic carbocycles. The lowest BCUT2D eigenvalue weighted by molar-refractivity contribution is 0.194. The summed E-state index contributed by atoms with van der Waals surface area (Å²) in [6.07, 6.45) is 3.21. The topological polar surface area (TPSA) is 56.0 Å². The van der Waals surface area contributed by atoms with Crippen LogP contribution in [-0.4, -0.2) is 23.8 Å². The third-order valence-electron chi connectivity index (χ3n) is 3.11. The third kappa shape index (κ3) is 2.70. The molecule has 0 spiro atoms. The molecule has 0 aromatic heterocycles. The number of hydrogen-bond donors (Lipinski definition) is 2. The normalized spacial score (nSPS) is 29.1. The molecule has 3 heteroatoms. The van der Waals surface area contributed by atoms with E-state index in [0.29, 0.717) is 12.0 Å². The molecule has 14 heavy (non-hydrogen) atoms. The maximum Gasteiger partial charge on any atom is 0.0672 e. The highest BCUT2D eigenvalue weighted by Crippen LogP contribution is 2.25. The molecule has 0 amide bonds. The van der Waals surface area contributed by atoms with E-state index in [2.05, 4.69) is 25.2 Å². The Labute approximate surface area is 86.1 Å². The summed E-state index contributed by atoms with van der Waals surface area (Å²) in [5, 5.41) is 21.5. The van der Waals surface area contributed by atoms with Crippen molar-refractivity contribution in [1.29, 1.82) is 5.26 Å². The predicted molar refractivity (Wildman–Crippen MR) is 55.6 cm³/mol. The summed E-state index contributed by atoms with van der Waals surface area (Å²) in [5.74, 6) is 0.558. The van der Waals surface area contributed by atoms with Gasteiger partial charge in [-0.2, -0.15) is 5.26 Å². The highest BCUT2D eigenvalue weighted by Gasteiger charge is 2.29. The van der Waals surface area contributed by atoms with E-state index < -0.39 is 0 Å². The lowest BCUT2D eigenvalue weighted by atomic mass is 10.0. The summed E-state index contributed by atoms with van der Waals surface area (Å²) < 4.78 is 0. The first-order valence-corrected chi connectivity index (χ1v) is 5.45. The number of nitrogens with one attached hydrogen (secondary N) is 1.